The second-order valence-corrected chi connectivity index (χ2v) is 7.78. The number of hydrogen-bond acceptors (Lipinski definition) is 5. The first kappa shape index (κ1) is 16.4. The molecule has 2 bridgehead atoms. The standard InChI is InChI=1S/C15H22N4O3S/c20-15(19-12-3-4-13(19)10-17-8-5-12)6-9-18-23(21,22)14-2-1-7-16-11-14/h1-2,7,11-13,17-18H,3-6,8-10H2. The molecule has 0 saturated carbocycles. The minimum atomic E-state index is -3.60. The first-order valence-corrected chi connectivity index (χ1v) is 9.48. The highest BCUT2D eigenvalue weighted by Crippen LogP contribution is 2.28. The molecule has 126 valence electrons. The Kier molecular flexibility index (Phi) is 4.93. The summed E-state index contributed by atoms with van der Waals surface area (Å²) < 4.78 is 26.7. The van der Waals surface area contributed by atoms with Crippen molar-refractivity contribution in [3.63, 3.8) is 0 Å². The van der Waals surface area contributed by atoms with Gasteiger partial charge in [-0.05, 0) is 37.9 Å². The Hall–Kier alpha value is -1.51. The van der Waals surface area contributed by atoms with Crippen molar-refractivity contribution in [2.24, 2.45) is 0 Å². The number of nitrogens with zero attached hydrogens (tertiary/aromatic N) is 2. The smallest absolute Gasteiger partial charge is 0.242 e. The quantitative estimate of drug-likeness (QED) is 0.795. The highest BCUT2D eigenvalue weighted by Gasteiger charge is 2.37. The second kappa shape index (κ2) is 6.94. The Bertz CT molecular complexity index is 636. The molecule has 0 aromatic carbocycles. The van der Waals surface area contributed by atoms with Crippen molar-refractivity contribution in [1.29, 1.82) is 0 Å². The zero-order valence-corrected chi connectivity index (χ0v) is 13.8. The lowest BCUT2D eigenvalue weighted by Gasteiger charge is -2.28. The molecule has 2 N–H and O–H groups in total. The first-order chi connectivity index (χ1) is 11.1. The zero-order chi connectivity index (χ0) is 16.3. The van der Waals surface area contributed by atoms with E-state index in [2.05, 4.69) is 15.0 Å². The number of fused-ring (bicyclic) bond motifs is 2. The van der Waals surface area contributed by atoms with Crippen LogP contribution in [0.2, 0.25) is 0 Å². The number of nitrogens with one attached hydrogen (secondary N) is 2. The van der Waals surface area contributed by atoms with E-state index in [4.69, 9.17) is 0 Å². The molecule has 2 atom stereocenters. The van der Waals surface area contributed by atoms with Gasteiger partial charge in [-0.1, -0.05) is 0 Å². The molecule has 2 fully saturated rings. The fourth-order valence-corrected chi connectivity index (χ4v) is 4.40. The summed E-state index contributed by atoms with van der Waals surface area (Å²) in [7, 11) is -3.60. The highest BCUT2D eigenvalue weighted by atomic mass is 32.2. The van der Waals surface area contributed by atoms with Gasteiger partial charge in [0.1, 0.15) is 4.90 Å². The van der Waals surface area contributed by atoms with Crippen LogP contribution >= 0.6 is 0 Å². The third-order valence-electron chi connectivity index (χ3n) is 4.52. The van der Waals surface area contributed by atoms with Crippen molar-refractivity contribution < 1.29 is 13.2 Å². The van der Waals surface area contributed by atoms with E-state index in [-0.39, 0.29) is 29.8 Å². The first-order valence-electron chi connectivity index (χ1n) is 7.99. The maximum atomic E-state index is 12.5. The lowest BCUT2D eigenvalue weighted by molar-refractivity contribution is -0.133. The van der Waals surface area contributed by atoms with Gasteiger partial charge in [-0.25, -0.2) is 13.1 Å². The SMILES string of the molecule is O=C(CCNS(=O)(=O)c1cccnc1)N1C2CCNCC1CC2. The fraction of sp³-hybridized carbons (Fsp3) is 0.600. The van der Waals surface area contributed by atoms with E-state index in [1.54, 1.807) is 6.07 Å². The molecular weight excluding hydrogens is 316 g/mol. The van der Waals surface area contributed by atoms with Crippen LogP contribution in [0.25, 0.3) is 0 Å². The van der Waals surface area contributed by atoms with Gasteiger partial charge in [-0.3, -0.25) is 9.78 Å². The summed E-state index contributed by atoms with van der Waals surface area (Å²) in [5, 5.41) is 3.35. The summed E-state index contributed by atoms with van der Waals surface area (Å²) in [5.74, 6) is 0.0371. The topological polar surface area (TPSA) is 91.4 Å². The summed E-state index contributed by atoms with van der Waals surface area (Å²) >= 11 is 0. The van der Waals surface area contributed by atoms with Crippen molar-refractivity contribution in [3.8, 4) is 0 Å². The van der Waals surface area contributed by atoms with Gasteiger partial charge >= 0.3 is 0 Å². The third kappa shape index (κ3) is 3.70. The average Bonchev–Trinajstić information content (AvgIpc) is 2.81. The summed E-state index contributed by atoms with van der Waals surface area (Å²) in [4.78, 5) is 18.4. The fourth-order valence-electron chi connectivity index (χ4n) is 3.40. The van der Waals surface area contributed by atoms with E-state index in [9.17, 15) is 13.2 Å². The van der Waals surface area contributed by atoms with Crippen LogP contribution in [0.5, 0.6) is 0 Å². The minimum Gasteiger partial charge on any atom is -0.335 e. The van der Waals surface area contributed by atoms with Crippen molar-refractivity contribution in [2.45, 2.75) is 42.7 Å². The highest BCUT2D eigenvalue weighted by molar-refractivity contribution is 7.89. The third-order valence-corrected chi connectivity index (χ3v) is 5.96. The van der Waals surface area contributed by atoms with Crippen molar-refractivity contribution in [3.05, 3.63) is 24.5 Å². The molecule has 0 spiro atoms. The van der Waals surface area contributed by atoms with Gasteiger partial charge in [0.05, 0.1) is 0 Å². The van der Waals surface area contributed by atoms with Crippen LogP contribution < -0.4 is 10.0 Å². The van der Waals surface area contributed by atoms with Crippen LogP contribution in [0.1, 0.15) is 25.7 Å². The van der Waals surface area contributed by atoms with Gasteiger partial charge in [0.25, 0.3) is 0 Å². The number of sulfonamides is 1. The molecule has 23 heavy (non-hydrogen) atoms. The molecule has 0 aliphatic carbocycles. The van der Waals surface area contributed by atoms with Crippen LogP contribution in [0.3, 0.4) is 0 Å². The number of rotatable bonds is 5. The molecule has 8 heteroatoms. The lowest BCUT2D eigenvalue weighted by atomic mass is 10.1. The summed E-state index contributed by atoms with van der Waals surface area (Å²) in [6.45, 7) is 1.89. The van der Waals surface area contributed by atoms with Crippen LogP contribution in [-0.4, -0.2) is 55.9 Å². The van der Waals surface area contributed by atoms with Gasteiger partial charge in [0.2, 0.25) is 15.9 Å². The van der Waals surface area contributed by atoms with Gasteiger partial charge < -0.3 is 10.2 Å². The maximum Gasteiger partial charge on any atom is 0.242 e. The molecule has 1 amide bonds. The van der Waals surface area contributed by atoms with Crippen LogP contribution in [0, 0.1) is 0 Å². The Balaban J connectivity index is 1.55. The van der Waals surface area contributed by atoms with E-state index in [1.165, 1.54) is 18.5 Å². The molecule has 3 rings (SSSR count). The molecule has 2 saturated heterocycles. The number of hydrogen-bond donors (Lipinski definition) is 2. The van der Waals surface area contributed by atoms with Gasteiger partial charge in [0.15, 0.2) is 0 Å². The van der Waals surface area contributed by atoms with E-state index in [0.717, 1.165) is 32.4 Å². The number of carbonyl (C=O) groups excluding carboxylic acids is 1. The normalized spacial score (nSPS) is 24.4. The van der Waals surface area contributed by atoms with E-state index in [0.29, 0.717) is 6.04 Å². The number of pyridine rings is 1. The zero-order valence-electron chi connectivity index (χ0n) is 12.9. The van der Waals surface area contributed by atoms with Gasteiger partial charge in [0, 0.05) is 44.0 Å². The van der Waals surface area contributed by atoms with Crippen LogP contribution in [-0.2, 0) is 14.8 Å². The predicted molar refractivity (Wildman–Crippen MR) is 85.2 cm³/mol. The summed E-state index contributed by atoms with van der Waals surface area (Å²) in [6.07, 6.45) is 6.07. The Morgan fingerprint density at radius 2 is 2.17 bits per heavy atom. The lowest BCUT2D eigenvalue weighted by Crippen LogP contribution is -2.43. The van der Waals surface area contributed by atoms with Crippen molar-refractivity contribution in [1.82, 2.24) is 19.9 Å². The molecule has 1 aromatic rings. The molecular formula is C15H22N4O3S. The largest absolute Gasteiger partial charge is 0.335 e. The van der Waals surface area contributed by atoms with Crippen LogP contribution in [0.4, 0.5) is 0 Å². The average molecular weight is 338 g/mol. The van der Waals surface area contributed by atoms with Gasteiger partial charge in [-0.15, -0.1) is 0 Å². The minimum absolute atomic E-state index is 0.0371. The predicted octanol–water partition coefficient (Wildman–Crippen LogP) is 0.103. The molecule has 3 heterocycles. The Labute approximate surface area is 136 Å². The number of carbonyl (C=O) groups is 1. The summed E-state index contributed by atoms with van der Waals surface area (Å²) in [5.41, 5.74) is 0. The molecule has 2 unspecified atom stereocenters. The monoisotopic (exact) mass is 338 g/mol. The van der Waals surface area contributed by atoms with Crippen molar-refractivity contribution in [2.75, 3.05) is 19.6 Å². The van der Waals surface area contributed by atoms with Crippen molar-refractivity contribution >= 4 is 15.9 Å². The number of amides is 1. The second-order valence-electron chi connectivity index (χ2n) is 6.02. The molecule has 2 aliphatic rings. The maximum absolute atomic E-state index is 12.5. The number of aromatic nitrogens is 1. The van der Waals surface area contributed by atoms with E-state index < -0.39 is 10.0 Å². The molecule has 0 radical (unpaired) electrons. The molecule has 7 nitrogen and oxygen atoms in total. The van der Waals surface area contributed by atoms with Crippen LogP contribution in [0.15, 0.2) is 29.4 Å². The van der Waals surface area contributed by atoms with E-state index in [1.807, 2.05) is 4.90 Å². The van der Waals surface area contributed by atoms with Gasteiger partial charge in [-0.2, -0.15) is 0 Å². The Morgan fingerprint density at radius 3 is 2.96 bits per heavy atom. The Morgan fingerprint density at radius 1 is 1.35 bits per heavy atom. The van der Waals surface area contributed by atoms with E-state index >= 15 is 0 Å². The summed E-state index contributed by atoms with van der Waals surface area (Å²) in [6, 6.07) is 3.61. The molecule has 2 aliphatic heterocycles. The molecule has 1 aromatic heterocycles.